The largest absolute Gasteiger partial charge is 0.500 e. The Kier molecular flexibility index (Phi) is 6.23. The van der Waals surface area contributed by atoms with E-state index in [-0.39, 0.29) is 6.10 Å². The molecule has 0 aromatic carbocycles. The number of hydrogen-bond donors (Lipinski definition) is 0. The molecule has 18 heavy (non-hydrogen) atoms. The Bertz CT molecular complexity index is 234. The Morgan fingerprint density at radius 3 is 2.33 bits per heavy atom. The molecule has 0 radical (unpaired) electrons. The van der Waals surface area contributed by atoms with Crippen molar-refractivity contribution in [2.45, 2.75) is 51.5 Å². The summed E-state index contributed by atoms with van der Waals surface area (Å²) in [5, 5.41) is 0. The molecule has 1 heterocycles. The van der Waals surface area contributed by atoms with Gasteiger partial charge in [-0.05, 0) is 6.92 Å². The zero-order chi connectivity index (χ0) is 13.6. The van der Waals surface area contributed by atoms with Crippen LogP contribution in [0.25, 0.3) is 0 Å². The van der Waals surface area contributed by atoms with Gasteiger partial charge in [0.15, 0.2) is 5.79 Å². The minimum absolute atomic E-state index is 0.112. The summed E-state index contributed by atoms with van der Waals surface area (Å²) in [6.45, 7) is 7.09. The molecular formula is C12H26O5Si. The van der Waals surface area contributed by atoms with E-state index in [0.717, 1.165) is 18.9 Å². The maximum absolute atomic E-state index is 5.94. The summed E-state index contributed by atoms with van der Waals surface area (Å²) in [6, 6.07) is 0.801. The van der Waals surface area contributed by atoms with Crippen molar-refractivity contribution in [3.8, 4) is 0 Å². The van der Waals surface area contributed by atoms with Crippen molar-refractivity contribution in [2.24, 2.45) is 0 Å². The Labute approximate surface area is 111 Å². The zero-order valence-corrected chi connectivity index (χ0v) is 13.2. The average molecular weight is 278 g/mol. The van der Waals surface area contributed by atoms with Crippen molar-refractivity contribution < 1.29 is 22.8 Å². The second-order valence-corrected chi connectivity index (χ2v) is 7.60. The summed E-state index contributed by atoms with van der Waals surface area (Å²) < 4.78 is 28.5. The van der Waals surface area contributed by atoms with Crippen LogP contribution in [0.2, 0.25) is 6.04 Å². The van der Waals surface area contributed by atoms with E-state index in [1.54, 1.807) is 14.2 Å². The summed E-state index contributed by atoms with van der Waals surface area (Å²) in [6.07, 6.45) is 1.83. The maximum atomic E-state index is 5.94. The van der Waals surface area contributed by atoms with Crippen LogP contribution in [0, 0.1) is 0 Å². The molecule has 0 saturated carbocycles. The monoisotopic (exact) mass is 278 g/mol. The van der Waals surface area contributed by atoms with E-state index in [1.165, 1.54) is 0 Å². The maximum Gasteiger partial charge on any atom is 0.500 e. The normalized spacial score (nSPS) is 28.8. The van der Waals surface area contributed by atoms with Crippen LogP contribution in [0.4, 0.5) is 0 Å². The van der Waals surface area contributed by atoms with Gasteiger partial charge in [0.1, 0.15) is 0 Å². The fraction of sp³-hybridized carbons (Fsp3) is 1.00. The lowest BCUT2D eigenvalue weighted by Gasteiger charge is -2.32. The first-order chi connectivity index (χ1) is 8.55. The van der Waals surface area contributed by atoms with Gasteiger partial charge < -0.3 is 22.8 Å². The van der Waals surface area contributed by atoms with Gasteiger partial charge in [0, 0.05) is 26.7 Å². The second kappa shape index (κ2) is 6.98. The molecule has 1 rings (SSSR count). The Balaban J connectivity index is 2.60. The van der Waals surface area contributed by atoms with Gasteiger partial charge in [-0.3, -0.25) is 0 Å². The van der Waals surface area contributed by atoms with E-state index in [0.29, 0.717) is 13.2 Å². The highest BCUT2D eigenvalue weighted by Crippen LogP contribution is 2.29. The van der Waals surface area contributed by atoms with E-state index in [4.69, 9.17) is 22.8 Å². The van der Waals surface area contributed by atoms with Crippen LogP contribution >= 0.6 is 0 Å². The Morgan fingerprint density at radius 2 is 1.94 bits per heavy atom. The topological polar surface area (TPSA) is 46.2 Å². The fourth-order valence-electron chi connectivity index (χ4n) is 2.07. The van der Waals surface area contributed by atoms with Gasteiger partial charge in [-0.15, -0.1) is 0 Å². The molecule has 1 aliphatic rings. The van der Waals surface area contributed by atoms with Crippen LogP contribution in [0.3, 0.4) is 0 Å². The summed E-state index contributed by atoms with van der Waals surface area (Å²) in [4.78, 5) is 0. The molecule has 2 unspecified atom stereocenters. The number of hydrogen-bond acceptors (Lipinski definition) is 5. The molecule has 2 atom stereocenters. The first-order valence-electron chi connectivity index (χ1n) is 6.61. The highest BCUT2D eigenvalue weighted by Gasteiger charge is 2.45. The molecule has 0 aliphatic carbocycles. The van der Waals surface area contributed by atoms with Gasteiger partial charge in [0.2, 0.25) is 0 Å². The van der Waals surface area contributed by atoms with Crippen molar-refractivity contribution in [1.82, 2.24) is 0 Å². The smallest absolute Gasteiger partial charge is 0.377 e. The molecule has 0 bridgehead atoms. The molecule has 6 heteroatoms. The predicted octanol–water partition coefficient (Wildman–Crippen LogP) is 2.19. The molecule has 0 amide bonds. The highest BCUT2D eigenvalue weighted by molar-refractivity contribution is 6.60. The third-order valence-corrected chi connectivity index (χ3v) is 6.17. The van der Waals surface area contributed by atoms with Crippen LogP contribution in [-0.2, 0) is 22.8 Å². The van der Waals surface area contributed by atoms with Gasteiger partial charge >= 0.3 is 8.80 Å². The molecule has 0 aromatic rings. The first kappa shape index (κ1) is 16.1. The van der Waals surface area contributed by atoms with Crippen LogP contribution in [0.15, 0.2) is 0 Å². The number of ether oxygens (including phenoxy) is 2. The van der Waals surface area contributed by atoms with Gasteiger partial charge in [0.05, 0.1) is 19.3 Å². The van der Waals surface area contributed by atoms with Crippen LogP contribution in [-0.4, -0.2) is 48.1 Å². The van der Waals surface area contributed by atoms with Gasteiger partial charge in [-0.2, -0.15) is 0 Å². The zero-order valence-electron chi connectivity index (χ0n) is 12.2. The van der Waals surface area contributed by atoms with E-state index in [2.05, 4.69) is 6.92 Å². The van der Waals surface area contributed by atoms with Crippen LogP contribution in [0.1, 0.15) is 33.6 Å². The molecule has 5 nitrogen and oxygen atoms in total. The van der Waals surface area contributed by atoms with E-state index >= 15 is 0 Å². The molecule has 0 spiro atoms. The van der Waals surface area contributed by atoms with Gasteiger partial charge in [0.25, 0.3) is 0 Å². The molecule has 0 aromatic heterocycles. The lowest BCUT2D eigenvalue weighted by molar-refractivity contribution is -0.194. The molecule has 1 saturated heterocycles. The summed E-state index contributed by atoms with van der Waals surface area (Å²) >= 11 is 0. The summed E-state index contributed by atoms with van der Waals surface area (Å²) in [7, 11) is 0.727. The third-order valence-electron chi connectivity index (χ3n) is 3.23. The lowest BCUT2D eigenvalue weighted by Crippen LogP contribution is -2.48. The van der Waals surface area contributed by atoms with Gasteiger partial charge in [-0.1, -0.05) is 20.3 Å². The van der Waals surface area contributed by atoms with E-state index in [9.17, 15) is 0 Å². The van der Waals surface area contributed by atoms with Crippen molar-refractivity contribution >= 4 is 8.80 Å². The van der Waals surface area contributed by atoms with E-state index < -0.39 is 14.6 Å². The minimum atomic E-state index is -2.56. The Morgan fingerprint density at radius 1 is 1.28 bits per heavy atom. The second-order valence-electron chi connectivity index (χ2n) is 4.63. The molecular weight excluding hydrogens is 252 g/mol. The quantitative estimate of drug-likeness (QED) is 0.637. The fourth-order valence-corrected chi connectivity index (χ4v) is 4.08. The highest BCUT2D eigenvalue weighted by atomic mass is 28.4. The van der Waals surface area contributed by atoms with Crippen molar-refractivity contribution in [3.05, 3.63) is 0 Å². The third kappa shape index (κ3) is 3.75. The molecule has 1 aliphatic heterocycles. The van der Waals surface area contributed by atoms with Crippen molar-refractivity contribution in [2.75, 3.05) is 27.4 Å². The average Bonchev–Trinajstić information content (AvgIpc) is 2.77. The van der Waals surface area contributed by atoms with Crippen molar-refractivity contribution in [1.29, 1.82) is 0 Å². The lowest BCUT2D eigenvalue weighted by atomic mass is 10.2. The van der Waals surface area contributed by atoms with Crippen LogP contribution in [0.5, 0.6) is 0 Å². The standard InChI is InChI=1S/C12H26O5Si/c1-6-8-18(13-4,14-5)16-10-12(7-2)15-9-11(3)17-12/h11H,6-10H2,1-5H3. The predicted molar refractivity (Wildman–Crippen MR) is 70.3 cm³/mol. The first-order valence-corrected chi connectivity index (χ1v) is 8.54. The van der Waals surface area contributed by atoms with Crippen LogP contribution < -0.4 is 0 Å². The van der Waals surface area contributed by atoms with Crippen molar-refractivity contribution in [3.63, 3.8) is 0 Å². The summed E-state index contributed by atoms with van der Waals surface area (Å²) in [5.41, 5.74) is 0. The molecule has 108 valence electrons. The number of rotatable bonds is 8. The van der Waals surface area contributed by atoms with Gasteiger partial charge in [-0.25, -0.2) is 0 Å². The molecule has 1 fully saturated rings. The summed E-state index contributed by atoms with van der Waals surface area (Å²) in [5.74, 6) is -0.636. The van der Waals surface area contributed by atoms with E-state index in [1.807, 2.05) is 13.8 Å². The Hall–Kier alpha value is 0.0169. The molecule has 0 N–H and O–H groups in total. The SMILES string of the molecule is CCC[Si](OC)(OC)OCC1(CC)OCC(C)O1. The minimum Gasteiger partial charge on any atom is -0.377 e.